The molecule has 4 nitrogen and oxygen atoms in total. The van der Waals surface area contributed by atoms with Gasteiger partial charge in [-0.15, -0.1) is 10.5 Å². The van der Waals surface area contributed by atoms with E-state index >= 15 is 0 Å². The van der Waals surface area contributed by atoms with E-state index in [4.69, 9.17) is 20.0 Å². The van der Waals surface area contributed by atoms with Gasteiger partial charge < -0.3 is 9.47 Å². The number of hydrogen-bond donors (Lipinski definition) is 0. The molecule has 3 rings (SSSR count). The van der Waals surface area contributed by atoms with Crippen molar-refractivity contribution in [3.05, 3.63) is 48.5 Å². The van der Waals surface area contributed by atoms with E-state index in [0.717, 1.165) is 21.5 Å². The molecule has 3 aromatic carbocycles. The minimum atomic E-state index is 0.443. The van der Waals surface area contributed by atoms with Crippen molar-refractivity contribution >= 4 is 21.5 Å². The predicted molar refractivity (Wildman–Crippen MR) is 73.9 cm³/mol. The molecule has 0 aromatic heterocycles. The van der Waals surface area contributed by atoms with Crippen LogP contribution in [0.3, 0.4) is 0 Å². The quantitative estimate of drug-likeness (QED) is 0.520. The van der Waals surface area contributed by atoms with Gasteiger partial charge >= 0.3 is 0 Å². The zero-order valence-corrected chi connectivity index (χ0v) is 10.3. The lowest BCUT2D eigenvalue weighted by molar-refractivity contribution is 0.510. The fraction of sp³-hybridized carbons (Fsp3) is 0. The van der Waals surface area contributed by atoms with Crippen LogP contribution >= 0.6 is 0 Å². The molecule has 0 N–H and O–H groups in total. The number of benzene rings is 3. The maximum atomic E-state index is 8.86. The molecule has 0 bridgehead atoms. The van der Waals surface area contributed by atoms with Crippen LogP contribution in [0.25, 0.3) is 21.5 Å². The molecule has 0 aliphatic carbocycles. The minimum absolute atomic E-state index is 0.443. The molecule has 0 heterocycles. The van der Waals surface area contributed by atoms with Crippen molar-refractivity contribution in [2.24, 2.45) is 0 Å². The molecule has 0 spiro atoms. The summed E-state index contributed by atoms with van der Waals surface area (Å²) in [6.45, 7) is 0. The normalized spacial score (nSPS) is 9.90. The maximum absolute atomic E-state index is 8.86. The van der Waals surface area contributed by atoms with Gasteiger partial charge in [0.05, 0.1) is 0 Å². The lowest BCUT2D eigenvalue weighted by Gasteiger charge is -2.10. The van der Waals surface area contributed by atoms with Gasteiger partial charge in [0.1, 0.15) is 5.75 Å². The molecule has 3 aromatic rings. The Bertz CT molecular complexity index is 888. The van der Waals surface area contributed by atoms with Crippen LogP contribution in [0.4, 0.5) is 0 Å². The Morgan fingerprint density at radius 3 is 2.30 bits per heavy atom. The Morgan fingerprint density at radius 1 is 0.750 bits per heavy atom. The molecule has 0 aliphatic rings. The number of rotatable bonds is 2. The van der Waals surface area contributed by atoms with E-state index in [0.29, 0.717) is 11.5 Å². The summed E-state index contributed by atoms with van der Waals surface area (Å²) in [5.74, 6) is 0.919. The van der Waals surface area contributed by atoms with Crippen LogP contribution in [0.1, 0.15) is 0 Å². The fourth-order valence-corrected chi connectivity index (χ4v) is 2.31. The van der Waals surface area contributed by atoms with Crippen LogP contribution in [-0.2, 0) is 0 Å². The monoisotopic (exact) mass is 260 g/mol. The smallest absolute Gasteiger partial charge is 0.292 e. The highest BCUT2D eigenvalue weighted by Gasteiger charge is 2.12. The van der Waals surface area contributed by atoms with Gasteiger partial charge in [-0.05, 0) is 17.5 Å². The molecule has 0 atom stereocenters. The SMILES string of the molecule is N#COc1cccc2c(OC#N)c3ccccc3cc12. The first kappa shape index (κ1) is 11.8. The first-order valence-electron chi connectivity index (χ1n) is 5.91. The van der Waals surface area contributed by atoms with Gasteiger partial charge in [0.25, 0.3) is 12.5 Å². The maximum Gasteiger partial charge on any atom is 0.292 e. The van der Waals surface area contributed by atoms with Crippen molar-refractivity contribution in [1.29, 1.82) is 10.5 Å². The van der Waals surface area contributed by atoms with Gasteiger partial charge in [0.2, 0.25) is 0 Å². The largest absolute Gasteiger partial charge is 0.387 e. The summed E-state index contributed by atoms with van der Waals surface area (Å²) in [6.07, 6.45) is 3.38. The van der Waals surface area contributed by atoms with Crippen LogP contribution < -0.4 is 9.47 Å². The highest BCUT2D eigenvalue weighted by molar-refractivity contribution is 6.07. The van der Waals surface area contributed by atoms with Crippen molar-refractivity contribution in [1.82, 2.24) is 0 Å². The number of hydrogen-bond acceptors (Lipinski definition) is 4. The number of fused-ring (bicyclic) bond motifs is 2. The zero-order valence-electron chi connectivity index (χ0n) is 10.3. The van der Waals surface area contributed by atoms with E-state index in [2.05, 4.69) is 0 Å². The van der Waals surface area contributed by atoms with E-state index in [1.165, 1.54) is 0 Å². The van der Waals surface area contributed by atoms with Gasteiger partial charge in [-0.2, -0.15) is 0 Å². The fourth-order valence-electron chi connectivity index (χ4n) is 2.31. The first-order chi connectivity index (χ1) is 9.85. The number of nitriles is 2. The third-order valence-corrected chi connectivity index (χ3v) is 3.12. The topological polar surface area (TPSA) is 66.0 Å². The Morgan fingerprint density at radius 2 is 1.50 bits per heavy atom. The molecule has 0 radical (unpaired) electrons. The summed E-state index contributed by atoms with van der Waals surface area (Å²) in [4.78, 5) is 0. The second kappa shape index (κ2) is 4.79. The van der Waals surface area contributed by atoms with Gasteiger partial charge in [-0.3, -0.25) is 0 Å². The summed E-state index contributed by atoms with van der Waals surface area (Å²) in [5.41, 5.74) is 0. The second-order valence-corrected chi connectivity index (χ2v) is 4.16. The van der Waals surface area contributed by atoms with E-state index < -0.39 is 0 Å². The molecule has 20 heavy (non-hydrogen) atoms. The molecule has 0 aliphatic heterocycles. The summed E-state index contributed by atoms with van der Waals surface area (Å²) >= 11 is 0. The van der Waals surface area contributed by atoms with Crippen LogP contribution in [0, 0.1) is 23.0 Å². The molecule has 94 valence electrons. The standard InChI is InChI=1S/C16H8N2O2/c17-9-19-15-7-3-6-13-14(15)8-11-4-1-2-5-12(11)16(13)20-10-18/h1-8H. The summed E-state index contributed by atoms with van der Waals surface area (Å²) < 4.78 is 10.1. The van der Waals surface area contributed by atoms with Gasteiger partial charge in [0.15, 0.2) is 5.75 Å². The molecule has 0 amide bonds. The van der Waals surface area contributed by atoms with E-state index in [9.17, 15) is 0 Å². The third-order valence-electron chi connectivity index (χ3n) is 3.12. The number of ether oxygens (including phenoxy) is 2. The Kier molecular flexibility index (Phi) is 2.84. The molecular weight excluding hydrogens is 252 g/mol. The van der Waals surface area contributed by atoms with Gasteiger partial charge in [-0.1, -0.05) is 36.4 Å². The van der Waals surface area contributed by atoms with Crippen LogP contribution in [0.15, 0.2) is 48.5 Å². The van der Waals surface area contributed by atoms with Crippen LogP contribution in [0.2, 0.25) is 0 Å². The van der Waals surface area contributed by atoms with Crippen LogP contribution in [-0.4, -0.2) is 0 Å². The van der Waals surface area contributed by atoms with Gasteiger partial charge in [-0.25, -0.2) is 0 Å². The first-order valence-corrected chi connectivity index (χ1v) is 5.91. The summed E-state index contributed by atoms with van der Waals surface area (Å²) in [7, 11) is 0. The van der Waals surface area contributed by atoms with Crippen molar-refractivity contribution in [3.63, 3.8) is 0 Å². The number of nitrogens with zero attached hydrogens (tertiary/aromatic N) is 2. The molecule has 0 saturated heterocycles. The summed E-state index contributed by atoms with van der Waals surface area (Å²) in [5, 5.41) is 20.8. The van der Waals surface area contributed by atoms with Crippen LogP contribution in [0.5, 0.6) is 11.5 Å². The Labute approximate surface area is 115 Å². The molecule has 0 saturated carbocycles. The average Bonchev–Trinajstić information content (AvgIpc) is 2.48. The Balaban J connectivity index is 2.47. The van der Waals surface area contributed by atoms with Crippen molar-refractivity contribution in [2.75, 3.05) is 0 Å². The van der Waals surface area contributed by atoms with Gasteiger partial charge in [0, 0.05) is 16.2 Å². The van der Waals surface area contributed by atoms with Crippen molar-refractivity contribution in [2.45, 2.75) is 0 Å². The molecule has 4 heteroatoms. The van der Waals surface area contributed by atoms with E-state index in [-0.39, 0.29) is 0 Å². The lowest BCUT2D eigenvalue weighted by atomic mass is 10.0. The average molecular weight is 260 g/mol. The minimum Gasteiger partial charge on any atom is -0.387 e. The van der Waals surface area contributed by atoms with E-state index in [1.807, 2.05) is 36.4 Å². The third kappa shape index (κ3) is 1.77. The highest BCUT2D eigenvalue weighted by Crippen LogP contribution is 2.38. The zero-order chi connectivity index (χ0) is 13.9. The second-order valence-electron chi connectivity index (χ2n) is 4.16. The molecule has 0 unspecified atom stereocenters. The predicted octanol–water partition coefficient (Wildman–Crippen LogP) is 3.71. The highest BCUT2D eigenvalue weighted by atomic mass is 16.5. The molecule has 0 fully saturated rings. The summed E-state index contributed by atoms with van der Waals surface area (Å²) in [6, 6.07) is 14.8. The van der Waals surface area contributed by atoms with E-state index in [1.54, 1.807) is 24.6 Å². The van der Waals surface area contributed by atoms with Crippen molar-refractivity contribution in [3.8, 4) is 24.0 Å². The van der Waals surface area contributed by atoms with Crippen molar-refractivity contribution < 1.29 is 9.47 Å². The lowest BCUT2D eigenvalue weighted by Crippen LogP contribution is -1.90. The molecular formula is C16H8N2O2. The Hall–Kier alpha value is -3.24.